The second kappa shape index (κ2) is 9.15. The second-order valence-electron chi connectivity index (χ2n) is 7.24. The van der Waals surface area contributed by atoms with E-state index in [0.29, 0.717) is 0 Å². The van der Waals surface area contributed by atoms with Gasteiger partial charge in [0.2, 0.25) is 0 Å². The molecule has 0 aliphatic rings. The first-order chi connectivity index (χ1) is 14.2. The number of aromatic nitrogens is 1. The van der Waals surface area contributed by atoms with Gasteiger partial charge >= 0.3 is 0 Å². The van der Waals surface area contributed by atoms with Crippen LogP contribution in [-0.4, -0.2) is 4.57 Å². The summed E-state index contributed by atoms with van der Waals surface area (Å²) in [5, 5.41) is 2.55. The largest absolute Gasteiger partial charge is 0.309 e. The lowest BCUT2D eigenvalue weighted by molar-refractivity contribution is 0.747. The molecule has 0 spiro atoms. The molecule has 3 aromatic carbocycles. The topological polar surface area (TPSA) is 4.93 Å². The number of fused-ring (bicyclic) bond motifs is 3. The first-order valence-electron chi connectivity index (χ1n) is 9.93. The highest BCUT2D eigenvalue weighted by Crippen LogP contribution is 2.35. The van der Waals surface area contributed by atoms with Gasteiger partial charge in [-0.3, -0.25) is 0 Å². The summed E-state index contributed by atoms with van der Waals surface area (Å²) in [5.74, 6) is 0. The second-order valence-corrected chi connectivity index (χ2v) is 9.07. The van der Waals surface area contributed by atoms with Gasteiger partial charge in [-0.25, -0.2) is 0 Å². The van der Waals surface area contributed by atoms with Crippen LogP contribution < -0.4 is 0 Å². The van der Waals surface area contributed by atoms with Crippen molar-refractivity contribution in [2.75, 3.05) is 0 Å². The molecule has 0 bridgehead atoms. The molecule has 4 rings (SSSR count). The summed E-state index contributed by atoms with van der Waals surface area (Å²) in [6, 6.07) is 22.0. The maximum Gasteiger partial charge on any atom is 0.0552 e. The molecular weight excluding hydrogens is 486 g/mol. The zero-order valence-electron chi connectivity index (χ0n) is 16.2. The van der Waals surface area contributed by atoms with Crippen LogP contribution in [0.25, 0.3) is 27.5 Å². The van der Waals surface area contributed by atoms with Crippen molar-refractivity contribution in [2.45, 2.75) is 25.7 Å². The minimum Gasteiger partial charge on any atom is -0.309 e. The average molecular weight is 509 g/mol. The molecule has 1 heterocycles. The lowest BCUT2D eigenvalue weighted by Gasteiger charge is -2.10. The van der Waals surface area contributed by atoms with E-state index in [1.165, 1.54) is 45.9 Å². The van der Waals surface area contributed by atoms with Gasteiger partial charge in [0, 0.05) is 25.4 Å². The quantitative estimate of drug-likeness (QED) is 0.173. The Hall–Kier alpha value is -2.10. The third kappa shape index (κ3) is 4.41. The predicted octanol–water partition coefficient (Wildman–Crippen LogP) is 8.76. The molecule has 0 unspecified atom stereocenters. The van der Waals surface area contributed by atoms with E-state index in [1.54, 1.807) is 0 Å². The van der Waals surface area contributed by atoms with Crippen LogP contribution in [0.4, 0.5) is 0 Å². The van der Waals surface area contributed by atoms with Crippen LogP contribution in [0.1, 0.15) is 24.8 Å². The van der Waals surface area contributed by atoms with E-state index in [9.17, 15) is 0 Å². The minimum atomic E-state index is 1.09. The third-order valence-electron chi connectivity index (χ3n) is 5.22. The average Bonchev–Trinajstić information content (AvgIpc) is 3.03. The van der Waals surface area contributed by atoms with Gasteiger partial charge in [0.25, 0.3) is 0 Å². The summed E-state index contributed by atoms with van der Waals surface area (Å²) in [6.45, 7) is 3.72. The third-order valence-corrected chi connectivity index (χ3v) is 6.21. The van der Waals surface area contributed by atoms with E-state index in [4.69, 9.17) is 0 Å². The Morgan fingerprint density at radius 2 is 1.52 bits per heavy atom. The summed E-state index contributed by atoms with van der Waals surface area (Å²) in [5.41, 5.74) is 5.04. The Morgan fingerprint density at radius 1 is 0.828 bits per heavy atom. The Balaban J connectivity index is 1.72. The van der Waals surface area contributed by atoms with E-state index < -0.39 is 0 Å². The van der Waals surface area contributed by atoms with Crippen LogP contribution in [0.5, 0.6) is 0 Å². The SMILES string of the molecule is C=C/C=C/CCCCc1cccc(-n2c3cc(Br)ccc3c3ccc(Br)cc32)c1. The number of rotatable bonds is 7. The molecule has 0 atom stereocenters. The van der Waals surface area contributed by atoms with Gasteiger partial charge in [-0.2, -0.15) is 0 Å². The monoisotopic (exact) mass is 507 g/mol. The highest BCUT2D eigenvalue weighted by atomic mass is 79.9. The molecule has 146 valence electrons. The number of nitrogens with zero attached hydrogens (tertiary/aromatic N) is 1. The van der Waals surface area contributed by atoms with Crippen molar-refractivity contribution in [3.05, 3.63) is 100.0 Å². The fourth-order valence-corrected chi connectivity index (χ4v) is 4.58. The number of hydrogen-bond donors (Lipinski definition) is 0. The van der Waals surface area contributed by atoms with Crippen molar-refractivity contribution in [1.82, 2.24) is 4.57 Å². The van der Waals surface area contributed by atoms with Gasteiger partial charge in [0.1, 0.15) is 0 Å². The molecule has 3 heteroatoms. The van der Waals surface area contributed by atoms with Gasteiger partial charge < -0.3 is 4.57 Å². The molecule has 0 amide bonds. The summed E-state index contributed by atoms with van der Waals surface area (Å²) >= 11 is 7.30. The molecule has 1 aromatic heterocycles. The number of halogens is 2. The Morgan fingerprint density at radius 3 is 2.17 bits per heavy atom. The molecule has 29 heavy (non-hydrogen) atoms. The predicted molar refractivity (Wildman–Crippen MR) is 133 cm³/mol. The van der Waals surface area contributed by atoms with Crippen molar-refractivity contribution in [3.63, 3.8) is 0 Å². The van der Waals surface area contributed by atoms with Crippen molar-refractivity contribution >= 4 is 53.7 Å². The van der Waals surface area contributed by atoms with Crippen molar-refractivity contribution < 1.29 is 0 Å². The van der Waals surface area contributed by atoms with Crippen LogP contribution in [0.15, 0.2) is 94.4 Å². The first kappa shape index (κ1) is 20.2. The fraction of sp³-hybridized carbons (Fsp3) is 0.154. The highest BCUT2D eigenvalue weighted by molar-refractivity contribution is 9.10. The number of hydrogen-bond acceptors (Lipinski definition) is 0. The van der Waals surface area contributed by atoms with Crippen molar-refractivity contribution in [3.8, 4) is 5.69 Å². The molecule has 1 nitrogen and oxygen atoms in total. The minimum absolute atomic E-state index is 1.09. The first-order valence-corrected chi connectivity index (χ1v) is 11.5. The van der Waals surface area contributed by atoms with Crippen molar-refractivity contribution in [2.24, 2.45) is 0 Å². The fourth-order valence-electron chi connectivity index (χ4n) is 3.88. The Kier molecular flexibility index (Phi) is 6.37. The number of benzene rings is 3. The molecule has 0 radical (unpaired) electrons. The molecule has 0 saturated carbocycles. The molecule has 0 aliphatic heterocycles. The smallest absolute Gasteiger partial charge is 0.0552 e. The zero-order valence-corrected chi connectivity index (χ0v) is 19.4. The molecule has 4 aromatic rings. The highest BCUT2D eigenvalue weighted by Gasteiger charge is 2.13. The lowest BCUT2D eigenvalue weighted by Crippen LogP contribution is -1.96. The van der Waals surface area contributed by atoms with Crippen LogP contribution in [-0.2, 0) is 6.42 Å². The van der Waals surface area contributed by atoms with E-state index in [1.807, 2.05) is 12.2 Å². The lowest BCUT2D eigenvalue weighted by atomic mass is 10.1. The molecule has 0 fully saturated rings. The van der Waals surface area contributed by atoms with Crippen LogP contribution >= 0.6 is 31.9 Å². The summed E-state index contributed by atoms with van der Waals surface area (Å²) < 4.78 is 4.56. The maximum atomic E-state index is 3.72. The number of unbranched alkanes of at least 4 members (excludes halogenated alkanes) is 2. The van der Waals surface area contributed by atoms with E-state index >= 15 is 0 Å². The van der Waals surface area contributed by atoms with Crippen LogP contribution in [0.2, 0.25) is 0 Å². The van der Waals surface area contributed by atoms with Gasteiger partial charge in [-0.15, -0.1) is 0 Å². The molecule has 0 aliphatic carbocycles. The molecular formula is C26H23Br2N. The normalized spacial score (nSPS) is 11.7. The van der Waals surface area contributed by atoms with E-state index in [0.717, 1.165) is 21.8 Å². The summed E-state index contributed by atoms with van der Waals surface area (Å²) in [7, 11) is 0. The Labute approximate surface area is 189 Å². The van der Waals surface area contributed by atoms with E-state index in [-0.39, 0.29) is 0 Å². The van der Waals surface area contributed by atoms with Gasteiger partial charge in [-0.1, -0.05) is 80.9 Å². The molecule has 0 N–H and O–H groups in total. The molecule has 0 saturated heterocycles. The van der Waals surface area contributed by atoms with Crippen LogP contribution in [0, 0.1) is 0 Å². The number of aryl methyl sites for hydroxylation is 1. The van der Waals surface area contributed by atoms with E-state index in [2.05, 4.69) is 110 Å². The van der Waals surface area contributed by atoms with Gasteiger partial charge in [-0.05, 0) is 67.6 Å². The Bertz CT molecular complexity index is 1140. The van der Waals surface area contributed by atoms with Crippen LogP contribution in [0.3, 0.4) is 0 Å². The van der Waals surface area contributed by atoms with Gasteiger partial charge in [0.15, 0.2) is 0 Å². The summed E-state index contributed by atoms with van der Waals surface area (Å²) in [6.07, 6.45) is 10.7. The van der Waals surface area contributed by atoms with Crippen molar-refractivity contribution in [1.29, 1.82) is 0 Å². The summed E-state index contributed by atoms with van der Waals surface area (Å²) in [4.78, 5) is 0. The maximum absolute atomic E-state index is 3.72. The standard InChI is InChI=1S/C26H23Br2N/c1-2-3-4-5-6-7-9-19-10-8-11-22(16-19)29-25-17-20(27)12-14-23(25)24-15-13-21(28)18-26(24)29/h2-4,8,10-18H,1,5-7,9H2/b4-3+. The number of allylic oxidation sites excluding steroid dienone is 3. The van der Waals surface area contributed by atoms with Gasteiger partial charge in [0.05, 0.1) is 11.0 Å². The zero-order chi connectivity index (χ0) is 20.2.